The highest BCUT2D eigenvalue weighted by atomic mass is 32.1. The average molecular weight is 317 g/mol. The first-order chi connectivity index (χ1) is 10.2. The van der Waals surface area contributed by atoms with Gasteiger partial charge in [0.05, 0.1) is 11.6 Å². The number of fused-ring (bicyclic) bond motifs is 1. The molecule has 2 heterocycles. The number of anilines is 1. The number of hydrogen-bond donors (Lipinski definition) is 2. The van der Waals surface area contributed by atoms with Gasteiger partial charge in [-0.2, -0.15) is 0 Å². The average Bonchev–Trinajstić information content (AvgIpc) is 3.14. The van der Waals surface area contributed by atoms with Crippen LogP contribution < -0.4 is 11.1 Å². The van der Waals surface area contributed by atoms with Gasteiger partial charge in [0.1, 0.15) is 10.8 Å². The van der Waals surface area contributed by atoms with Crippen molar-refractivity contribution in [3.63, 3.8) is 0 Å². The van der Waals surface area contributed by atoms with E-state index in [1.54, 1.807) is 11.3 Å². The number of thiophene rings is 1. The molecule has 3 rings (SSSR count). The molecular formula is C16H19N3S2. The minimum Gasteiger partial charge on any atom is -0.389 e. The van der Waals surface area contributed by atoms with E-state index < -0.39 is 0 Å². The number of thiocarbonyl (C=S) groups is 1. The molecule has 0 radical (unpaired) electrons. The number of nitrogens with zero attached hydrogens (tertiary/aromatic N) is 1. The standard InChI is InChI=1S/C16H19N3S2/c1-2-12(14-7-4-8-21-14)18-16-11(15(17)20)9-10-5-3-6-13(10)19-16/h4,7-9,12H,2-3,5-6H2,1H3,(H2,17,20)(H,18,19). The number of hydrogen-bond acceptors (Lipinski definition) is 4. The van der Waals surface area contributed by atoms with Crippen LogP contribution >= 0.6 is 23.6 Å². The maximum absolute atomic E-state index is 5.90. The molecule has 0 spiro atoms. The maximum Gasteiger partial charge on any atom is 0.137 e. The van der Waals surface area contributed by atoms with E-state index in [0.717, 1.165) is 30.6 Å². The van der Waals surface area contributed by atoms with E-state index in [1.165, 1.54) is 22.6 Å². The minimum absolute atomic E-state index is 0.255. The number of rotatable bonds is 5. The minimum atomic E-state index is 0.255. The van der Waals surface area contributed by atoms with Crippen LogP contribution in [0.4, 0.5) is 5.82 Å². The fourth-order valence-electron chi connectivity index (χ4n) is 2.80. The van der Waals surface area contributed by atoms with Gasteiger partial charge in [-0.05, 0) is 48.8 Å². The summed E-state index contributed by atoms with van der Waals surface area (Å²) in [6.45, 7) is 2.17. The summed E-state index contributed by atoms with van der Waals surface area (Å²) in [5.74, 6) is 0.836. The Kier molecular flexibility index (Phi) is 4.22. The fourth-order valence-corrected chi connectivity index (χ4v) is 3.82. The second-order valence-electron chi connectivity index (χ2n) is 5.33. The van der Waals surface area contributed by atoms with E-state index in [1.807, 2.05) is 0 Å². The summed E-state index contributed by atoms with van der Waals surface area (Å²) in [5, 5.41) is 5.64. The molecule has 1 aliphatic rings. The van der Waals surface area contributed by atoms with Crippen molar-refractivity contribution >= 4 is 34.4 Å². The molecule has 0 saturated carbocycles. The SMILES string of the molecule is CCC(Nc1nc2c(cc1C(N)=S)CCC2)c1cccs1. The molecule has 2 aromatic rings. The van der Waals surface area contributed by atoms with Gasteiger partial charge in [-0.15, -0.1) is 11.3 Å². The van der Waals surface area contributed by atoms with Gasteiger partial charge in [-0.1, -0.05) is 25.2 Å². The monoisotopic (exact) mass is 317 g/mol. The van der Waals surface area contributed by atoms with E-state index >= 15 is 0 Å². The highest BCUT2D eigenvalue weighted by molar-refractivity contribution is 7.80. The molecule has 3 N–H and O–H groups in total. The van der Waals surface area contributed by atoms with Gasteiger partial charge in [-0.3, -0.25) is 0 Å². The van der Waals surface area contributed by atoms with Gasteiger partial charge in [0.2, 0.25) is 0 Å². The maximum atomic E-state index is 5.90. The second kappa shape index (κ2) is 6.12. The zero-order valence-corrected chi connectivity index (χ0v) is 13.7. The van der Waals surface area contributed by atoms with Crippen LogP contribution in [0.5, 0.6) is 0 Å². The smallest absolute Gasteiger partial charge is 0.137 e. The van der Waals surface area contributed by atoms with Crippen molar-refractivity contribution in [1.29, 1.82) is 0 Å². The summed E-state index contributed by atoms with van der Waals surface area (Å²) < 4.78 is 0. The van der Waals surface area contributed by atoms with Crippen molar-refractivity contribution in [2.75, 3.05) is 5.32 Å². The second-order valence-corrected chi connectivity index (χ2v) is 6.75. The summed E-state index contributed by atoms with van der Waals surface area (Å²) in [5.41, 5.74) is 9.27. The summed E-state index contributed by atoms with van der Waals surface area (Å²) in [6, 6.07) is 6.61. The molecule has 0 aromatic carbocycles. The molecular weight excluding hydrogens is 298 g/mol. The Morgan fingerprint density at radius 2 is 2.38 bits per heavy atom. The Hall–Kier alpha value is -1.46. The summed E-state index contributed by atoms with van der Waals surface area (Å²) in [4.78, 5) is 6.53. The molecule has 0 saturated heterocycles. The molecule has 1 atom stereocenters. The Balaban J connectivity index is 1.95. The Morgan fingerprint density at radius 1 is 1.52 bits per heavy atom. The van der Waals surface area contributed by atoms with Crippen molar-refractivity contribution in [1.82, 2.24) is 4.98 Å². The van der Waals surface area contributed by atoms with Crippen LogP contribution in [0.2, 0.25) is 0 Å². The summed E-state index contributed by atoms with van der Waals surface area (Å²) in [7, 11) is 0. The number of nitrogens with one attached hydrogen (secondary N) is 1. The van der Waals surface area contributed by atoms with Gasteiger partial charge in [0.25, 0.3) is 0 Å². The van der Waals surface area contributed by atoms with Crippen LogP contribution in [0.15, 0.2) is 23.6 Å². The molecule has 0 fully saturated rings. The zero-order valence-electron chi connectivity index (χ0n) is 12.1. The van der Waals surface area contributed by atoms with Crippen LogP contribution in [-0.4, -0.2) is 9.97 Å². The normalized spacial score (nSPS) is 14.7. The van der Waals surface area contributed by atoms with Gasteiger partial charge < -0.3 is 11.1 Å². The van der Waals surface area contributed by atoms with Crippen LogP contribution in [-0.2, 0) is 12.8 Å². The van der Waals surface area contributed by atoms with Crippen molar-refractivity contribution in [3.8, 4) is 0 Å². The van der Waals surface area contributed by atoms with Crippen LogP contribution in [0.25, 0.3) is 0 Å². The van der Waals surface area contributed by atoms with Crippen LogP contribution in [0.1, 0.15) is 47.5 Å². The van der Waals surface area contributed by atoms with Gasteiger partial charge in [-0.25, -0.2) is 4.98 Å². The number of nitrogens with two attached hydrogens (primary N) is 1. The highest BCUT2D eigenvalue weighted by Crippen LogP contribution is 2.30. The van der Waals surface area contributed by atoms with E-state index in [2.05, 4.69) is 35.8 Å². The Bertz CT molecular complexity index is 650. The highest BCUT2D eigenvalue weighted by Gasteiger charge is 2.20. The molecule has 21 heavy (non-hydrogen) atoms. The van der Waals surface area contributed by atoms with E-state index in [9.17, 15) is 0 Å². The summed E-state index contributed by atoms with van der Waals surface area (Å²) >= 11 is 6.97. The third kappa shape index (κ3) is 2.94. The van der Waals surface area contributed by atoms with Crippen molar-refractivity contribution in [2.45, 2.75) is 38.6 Å². The van der Waals surface area contributed by atoms with E-state index in [4.69, 9.17) is 22.9 Å². The lowest BCUT2D eigenvalue weighted by molar-refractivity contribution is 0.757. The molecule has 0 amide bonds. The number of aromatic nitrogens is 1. The topological polar surface area (TPSA) is 50.9 Å². The predicted molar refractivity (Wildman–Crippen MR) is 93.1 cm³/mol. The van der Waals surface area contributed by atoms with Crippen molar-refractivity contribution in [2.24, 2.45) is 5.73 Å². The third-order valence-electron chi connectivity index (χ3n) is 3.92. The molecule has 1 unspecified atom stereocenters. The molecule has 2 aromatic heterocycles. The lowest BCUT2D eigenvalue weighted by Crippen LogP contribution is -2.18. The molecule has 5 heteroatoms. The van der Waals surface area contributed by atoms with Crippen molar-refractivity contribution < 1.29 is 0 Å². The molecule has 3 nitrogen and oxygen atoms in total. The first-order valence-corrected chi connectivity index (χ1v) is 8.60. The lowest BCUT2D eigenvalue weighted by Gasteiger charge is -2.19. The Labute approximate surface area is 134 Å². The van der Waals surface area contributed by atoms with Gasteiger partial charge in [0.15, 0.2) is 0 Å². The zero-order chi connectivity index (χ0) is 14.8. The van der Waals surface area contributed by atoms with Crippen molar-refractivity contribution in [3.05, 3.63) is 45.3 Å². The first kappa shape index (κ1) is 14.5. The molecule has 0 bridgehead atoms. The van der Waals surface area contributed by atoms with Crippen LogP contribution in [0, 0.1) is 0 Å². The lowest BCUT2D eigenvalue weighted by atomic mass is 10.1. The number of aryl methyl sites for hydroxylation is 2. The predicted octanol–water partition coefficient (Wildman–Crippen LogP) is 3.83. The van der Waals surface area contributed by atoms with Gasteiger partial charge in [0, 0.05) is 10.6 Å². The largest absolute Gasteiger partial charge is 0.389 e. The fraction of sp³-hybridized carbons (Fsp3) is 0.375. The number of pyridine rings is 1. The Morgan fingerprint density at radius 3 is 3.05 bits per heavy atom. The molecule has 1 aliphatic carbocycles. The summed E-state index contributed by atoms with van der Waals surface area (Å²) in [6.07, 6.45) is 4.30. The molecule has 110 valence electrons. The van der Waals surface area contributed by atoms with E-state index in [-0.39, 0.29) is 6.04 Å². The van der Waals surface area contributed by atoms with Crippen LogP contribution in [0.3, 0.4) is 0 Å². The van der Waals surface area contributed by atoms with Gasteiger partial charge >= 0.3 is 0 Å². The first-order valence-electron chi connectivity index (χ1n) is 7.31. The quantitative estimate of drug-likeness (QED) is 0.823. The van der Waals surface area contributed by atoms with E-state index in [0.29, 0.717) is 4.99 Å². The molecule has 0 aliphatic heterocycles. The third-order valence-corrected chi connectivity index (χ3v) is 5.13.